The molecule has 2 rings (SSSR count). The van der Waals surface area contributed by atoms with Crippen LogP contribution in [0.25, 0.3) is 0 Å². The summed E-state index contributed by atoms with van der Waals surface area (Å²) in [5, 5.41) is 18.1. The van der Waals surface area contributed by atoms with Gasteiger partial charge in [0.1, 0.15) is 0 Å². The normalized spacial score (nSPS) is 32.5. The van der Waals surface area contributed by atoms with E-state index in [-0.39, 0.29) is 12.6 Å². The zero-order valence-electron chi connectivity index (χ0n) is 8.80. The first-order chi connectivity index (χ1) is 7.22. The molecule has 15 heavy (non-hydrogen) atoms. The van der Waals surface area contributed by atoms with Gasteiger partial charge in [-0.15, -0.1) is 0 Å². The molecule has 0 spiro atoms. The molecular formula is C10H18N2O3. The maximum Gasteiger partial charge on any atom is 0.407 e. The Bertz CT molecular complexity index is 247. The van der Waals surface area contributed by atoms with Gasteiger partial charge in [0.25, 0.3) is 0 Å². The van der Waals surface area contributed by atoms with Gasteiger partial charge in [-0.2, -0.15) is 0 Å². The summed E-state index contributed by atoms with van der Waals surface area (Å²) in [5.74, 6) is 0. The van der Waals surface area contributed by atoms with Gasteiger partial charge in [-0.25, -0.2) is 4.79 Å². The van der Waals surface area contributed by atoms with Crippen LogP contribution in [0, 0.1) is 0 Å². The van der Waals surface area contributed by atoms with Gasteiger partial charge in [-0.05, 0) is 12.8 Å². The summed E-state index contributed by atoms with van der Waals surface area (Å²) in [6.45, 7) is 2.14. The van der Waals surface area contributed by atoms with Crippen LogP contribution >= 0.6 is 0 Å². The van der Waals surface area contributed by atoms with Crippen LogP contribution in [0.1, 0.15) is 19.3 Å². The lowest BCUT2D eigenvalue weighted by Crippen LogP contribution is -2.60. The molecule has 2 fully saturated rings. The number of piperidine rings is 1. The molecule has 2 aliphatic rings. The van der Waals surface area contributed by atoms with E-state index >= 15 is 0 Å². The van der Waals surface area contributed by atoms with Gasteiger partial charge in [0, 0.05) is 31.7 Å². The summed E-state index contributed by atoms with van der Waals surface area (Å²) in [6, 6.07) is 0.570. The Morgan fingerprint density at radius 3 is 2.80 bits per heavy atom. The zero-order chi connectivity index (χ0) is 10.8. The maximum absolute atomic E-state index is 10.8. The first-order valence-electron chi connectivity index (χ1n) is 5.57. The molecule has 0 aromatic carbocycles. The number of amides is 1. The van der Waals surface area contributed by atoms with Gasteiger partial charge in [0.15, 0.2) is 0 Å². The van der Waals surface area contributed by atoms with Crippen LogP contribution in [0.2, 0.25) is 0 Å². The minimum Gasteiger partial charge on any atom is -0.465 e. The summed E-state index contributed by atoms with van der Waals surface area (Å²) < 4.78 is 0. The summed E-state index contributed by atoms with van der Waals surface area (Å²) in [4.78, 5) is 14.6. The average molecular weight is 214 g/mol. The number of aliphatic hydroxyl groups is 1. The molecule has 2 saturated heterocycles. The molecule has 0 aromatic rings. The summed E-state index contributed by atoms with van der Waals surface area (Å²) in [7, 11) is 0. The minimum absolute atomic E-state index is 0.198. The van der Waals surface area contributed by atoms with Gasteiger partial charge in [-0.1, -0.05) is 6.42 Å². The molecule has 0 bridgehead atoms. The van der Waals surface area contributed by atoms with Gasteiger partial charge >= 0.3 is 6.09 Å². The predicted octanol–water partition coefficient (Wildman–Crippen LogP) is 0.195. The van der Waals surface area contributed by atoms with Crippen molar-refractivity contribution in [1.82, 2.24) is 9.80 Å². The summed E-state index contributed by atoms with van der Waals surface area (Å²) in [5.41, 5.74) is 0. The Morgan fingerprint density at radius 2 is 2.13 bits per heavy atom. The van der Waals surface area contributed by atoms with Gasteiger partial charge < -0.3 is 15.1 Å². The van der Waals surface area contributed by atoms with Crippen molar-refractivity contribution in [3.63, 3.8) is 0 Å². The smallest absolute Gasteiger partial charge is 0.407 e. The van der Waals surface area contributed by atoms with E-state index in [1.807, 2.05) is 0 Å². The molecule has 0 saturated carbocycles. The Morgan fingerprint density at radius 1 is 1.33 bits per heavy atom. The second-order valence-electron chi connectivity index (χ2n) is 4.39. The average Bonchev–Trinajstić information content (AvgIpc) is 2.27. The molecule has 86 valence electrons. The fraction of sp³-hybridized carbons (Fsp3) is 0.900. The number of nitrogens with zero attached hydrogens (tertiary/aromatic N) is 2. The van der Waals surface area contributed by atoms with E-state index < -0.39 is 6.09 Å². The molecule has 1 amide bonds. The number of hydrogen-bond donors (Lipinski definition) is 2. The van der Waals surface area contributed by atoms with Gasteiger partial charge in [0.05, 0.1) is 6.61 Å². The first kappa shape index (κ1) is 10.7. The Balaban J connectivity index is 1.99. The van der Waals surface area contributed by atoms with E-state index in [2.05, 4.69) is 4.90 Å². The van der Waals surface area contributed by atoms with Crippen LogP contribution < -0.4 is 0 Å². The van der Waals surface area contributed by atoms with Crippen LogP contribution in [0.4, 0.5) is 4.79 Å². The second kappa shape index (κ2) is 4.37. The van der Waals surface area contributed by atoms with Crippen LogP contribution in [0.15, 0.2) is 0 Å². The number of carbonyl (C=O) groups is 1. The zero-order valence-corrected chi connectivity index (χ0v) is 8.80. The Kier molecular flexibility index (Phi) is 3.11. The number of hydrogen-bond acceptors (Lipinski definition) is 3. The molecule has 2 atom stereocenters. The fourth-order valence-corrected chi connectivity index (χ4v) is 2.73. The van der Waals surface area contributed by atoms with Crippen molar-refractivity contribution >= 4 is 6.09 Å². The van der Waals surface area contributed by atoms with Crippen molar-refractivity contribution in [3.05, 3.63) is 0 Å². The number of piperazine rings is 1. The van der Waals surface area contributed by atoms with E-state index in [0.29, 0.717) is 19.1 Å². The lowest BCUT2D eigenvalue weighted by molar-refractivity contribution is -0.00527. The standard InChI is InChI=1S/C10H18N2O3/c13-7-9-3-1-2-8-6-11(10(14)15)4-5-12(8)9/h8-9,13H,1-7H2,(H,14,15)/t8-,9+/m0/s1. The van der Waals surface area contributed by atoms with Crippen LogP contribution in [0.3, 0.4) is 0 Å². The first-order valence-corrected chi connectivity index (χ1v) is 5.57. The van der Waals surface area contributed by atoms with Crippen molar-refractivity contribution in [1.29, 1.82) is 0 Å². The molecular weight excluding hydrogens is 196 g/mol. The van der Waals surface area contributed by atoms with Gasteiger partial charge in [-0.3, -0.25) is 4.90 Å². The third kappa shape index (κ3) is 2.08. The Hall–Kier alpha value is -0.810. The van der Waals surface area contributed by atoms with E-state index in [1.165, 1.54) is 4.90 Å². The molecule has 0 aromatic heterocycles. The minimum atomic E-state index is -0.819. The lowest BCUT2D eigenvalue weighted by Gasteiger charge is -2.47. The molecule has 5 heteroatoms. The predicted molar refractivity (Wildman–Crippen MR) is 54.8 cm³/mol. The Labute approximate surface area is 89.3 Å². The fourth-order valence-electron chi connectivity index (χ4n) is 2.73. The molecule has 0 unspecified atom stereocenters. The number of fused-ring (bicyclic) bond motifs is 1. The second-order valence-corrected chi connectivity index (χ2v) is 4.39. The number of rotatable bonds is 1. The number of carboxylic acid groups (broad SMARTS) is 1. The maximum atomic E-state index is 10.8. The monoisotopic (exact) mass is 214 g/mol. The molecule has 2 heterocycles. The van der Waals surface area contributed by atoms with Crippen molar-refractivity contribution in [3.8, 4) is 0 Å². The van der Waals surface area contributed by atoms with E-state index in [0.717, 1.165) is 25.8 Å². The topological polar surface area (TPSA) is 64.0 Å². The van der Waals surface area contributed by atoms with Crippen LogP contribution in [-0.2, 0) is 0 Å². The molecule has 0 aliphatic carbocycles. The summed E-state index contributed by atoms with van der Waals surface area (Å²) >= 11 is 0. The van der Waals surface area contributed by atoms with E-state index in [9.17, 15) is 9.90 Å². The third-order valence-electron chi connectivity index (χ3n) is 3.55. The van der Waals surface area contributed by atoms with Crippen molar-refractivity contribution in [2.24, 2.45) is 0 Å². The lowest BCUT2D eigenvalue weighted by atomic mass is 9.94. The van der Waals surface area contributed by atoms with Crippen molar-refractivity contribution in [2.45, 2.75) is 31.3 Å². The largest absolute Gasteiger partial charge is 0.465 e. The van der Waals surface area contributed by atoms with E-state index in [1.54, 1.807) is 0 Å². The van der Waals surface area contributed by atoms with Crippen molar-refractivity contribution < 1.29 is 15.0 Å². The van der Waals surface area contributed by atoms with E-state index in [4.69, 9.17) is 5.11 Å². The molecule has 0 radical (unpaired) electrons. The summed E-state index contributed by atoms with van der Waals surface area (Å²) in [6.07, 6.45) is 2.38. The highest BCUT2D eigenvalue weighted by Crippen LogP contribution is 2.25. The quantitative estimate of drug-likeness (QED) is 0.654. The van der Waals surface area contributed by atoms with Gasteiger partial charge in [0.2, 0.25) is 0 Å². The third-order valence-corrected chi connectivity index (χ3v) is 3.55. The highest BCUT2D eigenvalue weighted by atomic mass is 16.4. The molecule has 5 nitrogen and oxygen atoms in total. The molecule has 2 N–H and O–H groups in total. The highest BCUT2D eigenvalue weighted by Gasteiger charge is 2.35. The van der Waals surface area contributed by atoms with Crippen LogP contribution in [-0.4, -0.2) is 64.4 Å². The van der Waals surface area contributed by atoms with Crippen LogP contribution in [0.5, 0.6) is 0 Å². The highest BCUT2D eigenvalue weighted by molar-refractivity contribution is 5.65. The number of aliphatic hydroxyl groups excluding tert-OH is 1. The van der Waals surface area contributed by atoms with Crippen molar-refractivity contribution in [2.75, 3.05) is 26.2 Å². The SMILES string of the molecule is O=C(O)N1CCN2[C@@H](CO)CCC[C@H]2C1. The molecule has 2 aliphatic heterocycles.